The van der Waals surface area contributed by atoms with Crippen LogP contribution in [0.2, 0.25) is 0 Å². The molecule has 1 spiro atoms. The Bertz CT molecular complexity index is 381. The monoisotopic (exact) mass is 245 g/mol. The van der Waals surface area contributed by atoms with E-state index in [4.69, 9.17) is 0 Å². The lowest BCUT2D eigenvalue weighted by Gasteiger charge is -2.34. The van der Waals surface area contributed by atoms with Crippen molar-refractivity contribution in [3.8, 4) is 0 Å². The molecule has 0 amide bonds. The van der Waals surface area contributed by atoms with Crippen LogP contribution in [0.1, 0.15) is 32.1 Å². The number of sulfonamides is 1. The molecule has 92 valence electrons. The molecule has 0 aromatic rings. The average Bonchev–Trinajstić information content (AvgIpc) is 2.67. The van der Waals surface area contributed by atoms with E-state index in [2.05, 4.69) is 10.2 Å². The van der Waals surface area contributed by atoms with Gasteiger partial charge in [0.25, 0.3) is 0 Å². The van der Waals surface area contributed by atoms with Crippen LogP contribution in [0.5, 0.6) is 0 Å². The maximum atomic E-state index is 12.0. The zero-order valence-corrected chi connectivity index (χ0v) is 10.7. The van der Waals surface area contributed by atoms with Gasteiger partial charge < -0.3 is 0 Å². The minimum Gasteiger partial charge on any atom is -0.212 e. The molecule has 2 aliphatic rings. The number of azo groups is 1. The molecular weight excluding hydrogens is 226 g/mol. The molecule has 1 saturated carbocycles. The van der Waals surface area contributed by atoms with Crippen molar-refractivity contribution in [3.05, 3.63) is 0 Å². The van der Waals surface area contributed by atoms with E-state index in [1.807, 2.05) is 0 Å². The standard InChI is InChI=1S/C10H19N3O2S/c1-13(2)16(14,15)9-3-5-10(6-4-9)7-8-11-12-10/h9H,3-8H2,1-2H3. The predicted molar refractivity (Wildman–Crippen MR) is 61.9 cm³/mol. The van der Waals surface area contributed by atoms with Crippen molar-refractivity contribution < 1.29 is 8.42 Å². The van der Waals surface area contributed by atoms with Crippen LogP contribution in [0.15, 0.2) is 10.2 Å². The fourth-order valence-electron chi connectivity index (χ4n) is 2.58. The molecule has 0 atom stereocenters. The minimum atomic E-state index is -3.09. The molecule has 0 unspecified atom stereocenters. The van der Waals surface area contributed by atoms with Gasteiger partial charge in [-0.3, -0.25) is 0 Å². The lowest BCUT2D eigenvalue weighted by Crippen LogP contribution is -2.40. The van der Waals surface area contributed by atoms with E-state index in [1.54, 1.807) is 14.1 Å². The molecule has 5 nitrogen and oxygen atoms in total. The summed E-state index contributed by atoms with van der Waals surface area (Å²) in [5.74, 6) is 0. The van der Waals surface area contributed by atoms with Gasteiger partial charge in [0.05, 0.1) is 17.3 Å². The van der Waals surface area contributed by atoms with Gasteiger partial charge in [-0.15, -0.1) is 0 Å². The van der Waals surface area contributed by atoms with E-state index < -0.39 is 10.0 Å². The third-order valence-corrected chi connectivity index (χ3v) is 6.09. The highest BCUT2D eigenvalue weighted by atomic mass is 32.2. The van der Waals surface area contributed by atoms with E-state index in [9.17, 15) is 8.42 Å². The minimum absolute atomic E-state index is 0.0155. The summed E-state index contributed by atoms with van der Waals surface area (Å²) in [6.07, 6.45) is 4.18. The zero-order valence-electron chi connectivity index (χ0n) is 9.89. The molecule has 0 aromatic heterocycles. The van der Waals surface area contributed by atoms with E-state index in [1.165, 1.54) is 4.31 Å². The summed E-state index contributed by atoms with van der Waals surface area (Å²) in [6, 6.07) is 0. The van der Waals surface area contributed by atoms with Gasteiger partial charge >= 0.3 is 0 Å². The summed E-state index contributed by atoms with van der Waals surface area (Å²) in [7, 11) is 0.127. The quantitative estimate of drug-likeness (QED) is 0.738. The van der Waals surface area contributed by atoms with Crippen molar-refractivity contribution in [1.29, 1.82) is 0 Å². The fraction of sp³-hybridized carbons (Fsp3) is 1.00. The summed E-state index contributed by atoms with van der Waals surface area (Å²) in [5, 5.41) is 8.13. The second kappa shape index (κ2) is 4.07. The van der Waals surface area contributed by atoms with Gasteiger partial charge in [0.2, 0.25) is 10.0 Å². The van der Waals surface area contributed by atoms with Crippen molar-refractivity contribution in [2.45, 2.75) is 42.9 Å². The van der Waals surface area contributed by atoms with Gasteiger partial charge in [-0.25, -0.2) is 12.7 Å². The van der Waals surface area contributed by atoms with Crippen LogP contribution in [0.4, 0.5) is 0 Å². The summed E-state index contributed by atoms with van der Waals surface area (Å²) in [6.45, 7) is 0.811. The van der Waals surface area contributed by atoms with Gasteiger partial charge in [-0.05, 0) is 32.1 Å². The SMILES string of the molecule is CN(C)S(=O)(=O)C1CCC2(CCN=N2)CC1. The Morgan fingerprint density at radius 1 is 1.19 bits per heavy atom. The van der Waals surface area contributed by atoms with Gasteiger partial charge in [-0.2, -0.15) is 10.2 Å². The summed E-state index contributed by atoms with van der Waals surface area (Å²) >= 11 is 0. The van der Waals surface area contributed by atoms with Crippen LogP contribution >= 0.6 is 0 Å². The number of hydrogen-bond acceptors (Lipinski definition) is 4. The first-order chi connectivity index (χ1) is 7.46. The van der Waals surface area contributed by atoms with Crippen molar-refractivity contribution in [1.82, 2.24) is 4.31 Å². The van der Waals surface area contributed by atoms with Crippen molar-refractivity contribution in [2.24, 2.45) is 10.2 Å². The molecule has 0 aromatic carbocycles. The topological polar surface area (TPSA) is 62.1 Å². The lowest BCUT2D eigenvalue weighted by molar-refractivity contribution is 0.297. The third kappa shape index (κ3) is 2.00. The third-order valence-electron chi connectivity index (χ3n) is 3.75. The predicted octanol–water partition coefficient (Wildman–Crippen LogP) is 1.42. The molecule has 0 saturated heterocycles. The van der Waals surface area contributed by atoms with Crippen molar-refractivity contribution in [3.63, 3.8) is 0 Å². The molecule has 0 bridgehead atoms. The van der Waals surface area contributed by atoms with Crippen LogP contribution in [0, 0.1) is 0 Å². The Morgan fingerprint density at radius 2 is 1.81 bits per heavy atom. The first kappa shape index (κ1) is 12.0. The van der Waals surface area contributed by atoms with Gasteiger partial charge in [0.1, 0.15) is 0 Å². The molecule has 1 heterocycles. The summed E-state index contributed by atoms with van der Waals surface area (Å²) < 4.78 is 25.3. The van der Waals surface area contributed by atoms with Crippen molar-refractivity contribution >= 4 is 10.0 Å². The second-order valence-corrected chi connectivity index (χ2v) is 7.39. The molecule has 2 rings (SSSR count). The Hall–Kier alpha value is -0.490. The average molecular weight is 245 g/mol. The van der Waals surface area contributed by atoms with Crippen LogP contribution in [-0.2, 0) is 10.0 Å². The lowest BCUT2D eigenvalue weighted by atomic mass is 9.80. The molecule has 16 heavy (non-hydrogen) atoms. The van der Waals surface area contributed by atoms with E-state index in [0.29, 0.717) is 0 Å². The highest BCUT2D eigenvalue weighted by Crippen LogP contribution is 2.40. The summed E-state index contributed by atoms with van der Waals surface area (Å²) in [4.78, 5) is 0. The smallest absolute Gasteiger partial charge is 0.212 e. The number of rotatable bonds is 2. The first-order valence-corrected chi connectivity index (χ1v) is 7.27. The van der Waals surface area contributed by atoms with Gasteiger partial charge in [0, 0.05) is 14.1 Å². The van der Waals surface area contributed by atoms with Crippen LogP contribution in [0.25, 0.3) is 0 Å². The maximum Gasteiger partial charge on any atom is 0.216 e. The molecule has 0 N–H and O–H groups in total. The molecular formula is C10H19N3O2S. The van der Waals surface area contributed by atoms with Crippen LogP contribution in [0.3, 0.4) is 0 Å². The molecule has 1 aliphatic heterocycles. The van der Waals surface area contributed by atoms with Crippen LogP contribution < -0.4 is 0 Å². The highest BCUT2D eigenvalue weighted by molar-refractivity contribution is 7.89. The van der Waals surface area contributed by atoms with Gasteiger partial charge in [-0.1, -0.05) is 0 Å². The highest BCUT2D eigenvalue weighted by Gasteiger charge is 2.41. The second-order valence-electron chi connectivity index (χ2n) is 4.97. The molecule has 0 radical (unpaired) electrons. The van der Waals surface area contributed by atoms with Crippen LogP contribution in [-0.4, -0.2) is 44.2 Å². The van der Waals surface area contributed by atoms with E-state index >= 15 is 0 Å². The zero-order chi connectivity index (χ0) is 11.8. The Balaban J connectivity index is 2.03. The molecule has 1 aliphatic carbocycles. The maximum absolute atomic E-state index is 12.0. The van der Waals surface area contributed by atoms with Gasteiger partial charge in [0.15, 0.2) is 0 Å². The number of hydrogen-bond donors (Lipinski definition) is 0. The van der Waals surface area contributed by atoms with Crippen molar-refractivity contribution in [2.75, 3.05) is 20.6 Å². The first-order valence-electron chi connectivity index (χ1n) is 5.76. The summed E-state index contributed by atoms with van der Waals surface area (Å²) in [5.41, 5.74) is -0.0155. The molecule has 6 heteroatoms. The molecule has 1 fully saturated rings. The largest absolute Gasteiger partial charge is 0.216 e. The number of nitrogens with zero attached hydrogens (tertiary/aromatic N) is 3. The van der Waals surface area contributed by atoms with E-state index in [0.717, 1.165) is 38.6 Å². The normalized spacial score (nSPS) is 35.1. The Morgan fingerprint density at radius 3 is 2.25 bits per heavy atom. The van der Waals surface area contributed by atoms with E-state index in [-0.39, 0.29) is 10.8 Å². The fourth-order valence-corrected chi connectivity index (χ4v) is 4.01. The Kier molecular flexibility index (Phi) is 3.05. The Labute approximate surface area is 97.0 Å².